The highest BCUT2D eigenvalue weighted by Crippen LogP contribution is 2.22. The fraction of sp³-hybridized carbons (Fsp3) is 0.571. The smallest absolute Gasteiger partial charge is 0.248 e. The summed E-state index contributed by atoms with van der Waals surface area (Å²) in [6.45, 7) is 12.7. The van der Waals surface area contributed by atoms with Crippen LogP contribution in [0, 0.1) is 5.41 Å². The molecule has 1 unspecified atom stereocenters. The predicted octanol–water partition coefficient (Wildman–Crippen LogP) is 4.14. The minimum Gasteiger partial charge on any atom is -0.371 e. The number of hydrogen-bond acceptors (Lipinski definition) is 5. The third-order valence-corrected chi connectivity index (χ3v) is 4.52. The number of halogens is 1. The van der Waals surface area contributed by atoms with Crippen LogP contribution in [0.25, 0.3) is 0 Å². The highest BCUT2D eigenvalue weighted by atomic mass is 35.5. The number of ether oxygens (including phenoxy) is 1. The molecule has 0 amide bonds. The lowest BCUT2D eigenvalue weighted by Gasteiger charge is -2.26. The number of nitrogens with one attached hydrogen (secondary N) is 2. The van der Waals surface area contributed by atoms with E-state index in [0.29, 0.717) is 30.8 Å². The Labute approximate surface area is 178 Å². The highest BCUT2D eigenvalue weighted by molar-refractivity contribution is 6.30. The molecule has 1 aromatic carbocycles. The second-order valence-electron chi connectivity index (χ2n) is 7.66. The summed E-state index contributed by atoms with van der Waals surface area (Å²) >= 11 is 6.11. The molecule has 0 saturated carbocycles. The minimum absolute atomic E-state index is 0.0193. The van der Waals surface area contributed by atoms with E-state index in [1.54, 1.807) is 0 Å². The Morgan fingerprint density at radius 2 is 2.10 bits per heavy atom. The molecule has 29 heavy (non-hydrogen) atoms. The van der Waals surface area contributed by atoms with E-state index in [9.17, 15) is 0 Å². The number of aliphatic imine (C=N–C) groups is 1. The first-order valence-corrected chi connectivity index (χ1v) is 10.4. The van der Waals surface area contributed by atoms with Crippen LogP contribution >= 0.6 is 11.6 Å². The predicted molar refractivity (Wildman–Crippen MR) is 116 cm³/mol. The number of nitrogens with zero attached hydrogens (tertiary/aromatic N) is 3. The van der Waals surface area contributed by atoms with Crippen LogP contribution in [0.15, 0.2) is 33.8 Å². The van der Waals surface area contributed by atoms with Crippen LogP contribution in [-0.4, -0.2) is 35.8 Å². The average molecular weight is 422 g/mol. The number of aromatic nitrogens is 2. The van der Waals surface area contributed by atoms with Crippen molar-refractivity contribution in [1.29, 1.82) is 0 Å². The number of guanidine groups is 1. The molecule has 0 saturated heterocycles. The lowest BCUT2D eigenvalue weighted by molar-refractivity contribution is 0.0683. The molecular weight excluding hydrogens is 390 g/mol. The molecule has 2 rings (SSSR count). The number of hydrogen-bond donors (Lipinski definition) is 2. The molecule has 2 N–H and O–H groups in total. The summed E-state index contributed by atoms with van der Waals surface area (Å²) < 4.78 is 10.8. The molecule has 0 aliphatic rings. The Balaban J connectivity index is 1.94. The van der Waals surface area contributed by atoms with Gasteiger partial charge in [0, 0.05) is 24.7 Å². The van der Waals surface area contributed by atoms with Gasteiger partial charge in [-0.05, 0) is 50.3 Å². The van der Waals surface area contributed by atoms with Gasteiger partial charge in [0.25, 0.3) is 0 Å². The van der Waals surface area contributed by atoms with E-state index in [1.165, 1.54) is 5.56 Å². The van der Waals surface area contributed by atoms with Crippen LogP contribution in [0.5, 0.6) is 0 Å². The van der Waals surface area contributed by atoms with E-state index in [-0.39, 0.29) is 11.5 Å². The van der Waals surface area contributed by atoms with Crippen molar-refractivity contribution < 1.29 is 9.26 Å². The fourth-order valence-electron chi connectivity index (χ4n) is 2.90. The summed E-state index contributed by atoms with van der Waals surface area (Å²) in [6, 6.07) is 7.99. The lowest BCUT2D eigenvalue weighted by Crippen LogP contribution is -2.42. The maximum atomic E-state index is 6.11. The van der Waals surface area contributed by atoms with Gasteiger partial charge >= 0.3 is 0 Å². The van der Waals surface area contributed by atoms with Gasteiger partial charge in [-0.25, -0.2) is 4.99 Å². The van der Waals surface area contributed by atoms with Gasteiger partial charge in [0.15, 0.2) is 11.8 Å². The van der Waals surface area contributed by atoms with Gasteiger partial charge in [-0.3, -0.25) is 0 Å². The molecule has 1 atom stereocenters. The number of rotatable bonds is 10. The summed E-state index contributed by atoms with van der Waals surface area (Å²) in [5, 5.41) is 11.4. The van der Waals surface area contributed by atoms with Crippen molar-refractivity contribution in [2.75, 3.05) is 19.7 Å². The molecule has 8 heteroatoms. The molecule has 0 aliphatic carbocycles. The van der Waals surface area contributed by atoms with E-state index < -0.39 is 0 Å². The molecule has 7 nitrogen and oxygen atoms in total. The van der Waals surface area contributed by atoms with Crippen LogP contribution in [0.1, 0.15) is 58.0 Å². The standard InChI is InChI=1S/C21H32ClN5O2/c1-6-23-20(24-13-18-26-19(27-29-18)15(3)28-7-2)25-14-21(4,5)12-16-9-8-10-17(22)11-16/h8-11,15H,6-7,12-14H2,1-5H3,(H2,23,24,25). The minimum atomic E-state index is -0.194. The van der Waals surface area contributed by atoms with Crippen molar-refractivity contribution in [1.82, 2.24) is 20.8 Å². The topological polar surface area (TPSA) is 84.6 Å². The van der Waals surface area contributed by atoms with Crippen molar-refractivity contribution in [2.24, 2.45) is 10.4 Å². The van der Waals surface area contributed by atoms with Gasteiger partial charge in [0.1, 0.15) is 12.6 Å². The molecular formula is C21H32ClN5O2. The zero-order valence-electron chi connectivity index (χ0n) is 18.0. The van der Waals surface area contributed by atoms with Gasteiger partial charge in [0.05, 0.1) is 0 Å². The quantitative estimate of drug-likeness (QED) is 0.443. The van der Waals surface area contributed by atoms with Crippen molar-refractivity contribution in [3.05, 3.63) is 46.6 Å². The summed E-state index contributed by atoms with van der Waals surface area (Å²) in [5.74, 6) is 1.71. The van der Waals surface area contributed by atoms with E-state index >= 15 is 0 Å². The van der Waals surface area contributed by atoms with Crippen LogP contribution in [0.2, 0.25) is 5.02 Å². The SMILES string of the molecule is CCNC(=NCc1nc(C(C)OCC)no1)NCC(C)(C)Cc1cccc(Cl)c1. The fourth-order valence-corrected chi connectivity index (χ4v) is 3.11. The molecule has 160 valence electrons. The van der Waals surface area contributed by atoms with Gasteiger partial charge < -0.3 is 19.9 Å². The van der Waals surface area contributed by atoms with Gasteiger partial charge in [-0.2, -0.15) is 4.98 Å². The van der Waals surface area contributed by atoms with Gasteiger partial charge in [0.2, 0.25) is 5.89 Å². The Morgan fingerprint density at radius 1 is 1.31 bits per heavy atom. The van der Waals surface area contributed by atoms with Gasteiger partial charge in [-0.15, -0.1) is 0 Å². The summed E-state index contributed by atoms with van der Waals surface area (Å²) in [6.07, 6.45) is 0.711. The second kappa shape index (κ2) is 11.2. The van der Waals surface area contributed by atoms with Crippen molar-refractivity contribution >= 4 is 17.6 Å². The summed E-state index contributed by atoms with van der Waals surface area (Å²) in [4.78, 5) is 8.92. The zero-order chi connectivity index (χ0) is 21.3. The van der Waals surface area contributed by atoms with E-state index in [1.807, 2.05) is 39.0 Å². The summed E-state index contributed by atoms with van der Waals surface area (Å²) in [7, 11) is 0. The van der Waals surface area contributed by atoms with Crippen molar-refractivity contribution in [3.63, 3.8) is 0 Å². The Hall–Kier alpha value is -2.12. The van der Waals surface area contributed by atoms with Crippen molar-refractivity contribution in [3.8, 4) is 0 Å². The molecule has 1 heterocycles. The normalized spacial score (nSPS) is 13.4. The lowest BCUT2D eigenvalue weighted by atomic mass is 9.86. The monoisotopic (exact) mass is 421 g/mol. The van der Waals surface area contributed by atoms with E-state index in [2.05, 4.69) is 45.7 Å². The molecule has 0 fully saturated rings. The summed E-state index contributed by atoms with van der Waals surface area (Å²) in [5.41, 5.74) is 1.24. The first-order valence-electron chi connectivity index (χ1n) is 10.0. The molecule has 2 aromatic rings. The maximum absolute atomic E-state index is 6.11. The molecule has 0 aliphatic heterocycles. The Bertz CT molecular complexity index is 791. The third-order valence-electron chi connectivity index (χ3n) is 4.29. The first kappa shape index (κ1) is 23.2. The van der Waals surface area contributed by atoms with Crippen LogP contribution in [-0.2, 0) is 17.7 Å². The van der Waals surface area contributed by atoms with Crippen LogP contribution < -0.4 is 10.6 Å². The Kier molecular flexibility index (Phi) is 8.92. The van der Waals surface area contributed by atoms with E-state index in [4.69, 9.17) is 20.9 Å². The highest BCUT2D eigenvalue weighted by Gasteiger charge is 2.19. The molecule has 0 radical (unpaired) electrons. The third kappa shape index (κ3) is 8.03. The van der Waals surface area contributed by atoms with E-state index in [0.717, 1.165) is 24.5 Å². The molecule has 1 aromatic heterocycles. The molecule has 0 spiro atoms. The molecule has 0 bridgehead atoms. The zero-order valence-corrected chi connectivity index (χ0v) is 18.7. The largest absolute Gasteiger partial charge is 0.371 e. The number of benzene rings is 1. The van der Waals surface area contributed by atoms with Crippen LogP contribution in [0.3, 0.4) is 0 Å². The average Bonchev–Trinajstić information content (AvgIpc) is 3.13. The second-order valence-corrected chi connectivity index (χ2v) is 8.10. The van der Waals surface area contributed by atoms with Crippen molar-refractivity contribution in [2.45, 2.75) is 53.7 Å². The Morgan fingerprint density at radius 3 is 2.79 bits per heavy atom. The van der Waals surface area contributed by atoms with Gasteiger partial charge in [-0.1, -0.05) is 42.7 Å². The maximum Gasteiger partial charge on any atom is 0.248 e. The first-order chi connectivity index (χ1) is 13.8. The van der Waals surface area contributed by atoms with Crippen LogP contribution in [0.4, 0.5) is 0 Å².